The molecule has 6 heteroatoms. The van der Waals surface area contributed by atoms with Gasteiger partial charge in [0.2, 0.25) is 0 Å². The second-order valence-corrected chi connectivity index (χ2v) is 6.83. The molecule has 25 heavy (non-hydrogen) atoms. The van der Waals surface area contributed by atoms with Gasteiger partial charge in [-0.1, -0.05) is 26.0 Å². The number of halogens is 1. The van der Waals surface area contributed by atoms with Crippen LogP contribution in [0.15, 0.2) is 24.3 Å². The molecule has 1 aliphatic carbocycles. The number of nitrogens with zero attached hydrogens (tertiary/aromatic N) is 2. The van der Waals surface area contributed by atoms with E-state index in [1.54, 1.807) is 22.9 Å². The summed E-state index contributed by atoms with van der Waals surface area (Å²) in [4.78, 5) is 12.8. The van der Waals surface area contributed by atoms with E-state index >= 15 is 0 Å². The van der Waals surface area contributed by atoms with E-state index in [1.165, 1.54) is 6.07 Å². The highest BCUT2D eigenvalue weighted by Gasteiger charge is 2.29. The minimum absolute atomic E-state index is 0.0188. The molecule has 2 aromatic rings. The van der Waals surface area contributed by atoms with Crippen molar-refractivity contribution in [3.05, 3.63) is 47.0 Å². The first-order valence-electron chi connectivity index (χ1n) is 8.80. The smallest absolute Gasteiger partial charge is 0.272 e. The number of benzene rings is 1. The molecular formula is C19H24FN3O2. The van der Waals surface area contributed by atoms with Crippen molar-refractivity contribution in [1.82, 2.24) is 15.1 Å². The van der Waals surface area contributed by atoms with Gasteiger partial charge in [0.15, 0.2) is 5.69 Å². The first-order chi connectivity index (χ1) is 12.0. The summed E-state index contributed by atoms with van der Waals surface area (Å²) in [5.74, 6) is -0.398. The molecule has 0 spiro atoms. The van der Waals surface area contributed by atoms with Gasteiger partial charge in [-0.15, -0.1) is 0 Å². The van der Waals surface area contributed by atoms with Crippen LogP contribution in [-0.2, 0) is 12.8 Å². The zero-order valence-electron chi connectivity index (χ0n) is 14.6. The van der Waals surface area contributed by atoms with Crippen LogP contribution in [0.3, 0.4) is 0 Å². The van der Waals surface area contributed by atoms with Crippen LogP contribution < -0.4 is 5.32 Å². The Balaban J connectivity index is 1.94. The van der Waals surface area contributed by atoms with E-state index in [4.69, 9.17) is 0 Å². The van der Waals surface area contributed by atoms with E-state index in [-0.39, 0.29) is 30.3 Å². The maximum absolute atomic E-state index is 14.2. The standard InChI is InChI=1S/C19H24FN3O2/c1-12(2)15(10-11-24)21-19(25)18-13-6-5-9-16(13)23(22-18)17-8-4-3-7-14(17)20/h3-4,7-8,12,15,24H,5-6,9-11H2,1-2H3,(H,21,25). The lowest BCUT2D eigenvalue weighted by molar-refractivity contribution is 0.0910. The minimum atomic E-state index is -0.355. The van der Waals surface area contributed by atoms with Crippen LogP contribution in [0.25, 0.3) is 5.69 Å². The Hall–Kier alpha value is -2.21. The van der Waals surface area contributed by atoms with Crippen molar-refractivity contribution in [2.24, 2.45) is 5.92 Å². The highest BCUT2D eigenvalue weighted by atomic mass is 19.1. The van der Waals surface area contributed by atoms with Gasteiger partial charge in [0, 0.05) is 23.9 Å². The topological polar surface area (TPSA) is 67.2 Å². The molecule has 1 aromatic heterocycles. The number of aromatic nitrogens is 2. The molecule has 0 bridgehead atoms. The van der Waals surface area contributed by atoms with E-state index in [1.807, 2.05) is 13.8 Å². The Labute approximate surface area is 146 Å². The Kier molecular flexibility index (Phi) is 5.18. The Morgan fingerprint density at radius 2 is 2.12 bits per heavy atom. The summed E-state index contributed by atoms with van der Waals surface area (Å²) in [5, 5.41) is 16.6. The van der Waals surface area contributed by atoms with Crippen molar-refractivity contribution in [1.29, 1.82) is 0 Å². The fraction of sp³-hybridized carbons (Fsp3) is 0.474. The van der Waals surface area contributed by atoms with E-state index in [2.05, 4.69) is 10.4 Å². The monoisotopic (exact) mass is 345 g/mol. The van der Waals surface area contributed by atoms with Crippen LogP contribution >= 0.6 is 0 Å². The number of carbonyl (C=O) groups excluding carboxylic acids is 1. The molecule has 0 aliphatic heterocycles. The first-order valence-corrected chi connectivity index (χ1v) is 8.80. The zero-order valence-corrected chi connectivity index (χ0v) is 14.6. The highest BCUT2D eigenvalue weighted by molar-refractivity contribution is 5.94. The molecule has 1 unspecified atom stereocenters. The number of rotatable bonds is 6. The second kappa shape index (κ2) is 7.35. The summed E-state index contributed by atoms with van der Waals surface area (Å²) in [6, 6.07) is 6.35. The van der Waals surface area contributed by atoms with Gasteiger partial charge in [0.05, 0.1) is 0 Å². The summed E-state index contributed by atoms with van der Waals surface area (Å²) >= 11 is 0. The average molecular weight is 345 g/mol. The van der Waals surface area contributed by atoms with Crippen LogP contribution in [0.4, 0.5) is 4.39 Å². The van der Waals surface area contributed by atoms with E-state index in [9.17, 15) is 14.3 Å². The van der Waals surface area contributed by atoms with E-state index in [0.717, 1.165) is 30.5 Å². The molecule has 1 heterocycles. The Morgan fingerprint density at radius 3 is 2.80 bits per heavy atom. The lowest BCUT2D eigenvalue weighted by Crippen LogP contribution is -2.39. The molecule has 134 valence electrons. The molecule has 5 nitrogen and oxygen atoms in total. The summed E-state index contributed by atoms with van der Waals surface area (Å²) in [7, 11) is 0. The molecular weight excluding hydrogens is 321 g/mol. The van der Waals surface area contributed by atoms with Crippen molar-refractivity contribution in [2.75, 3.05) is 6.61 Å². The third-order valence-electron chi connectivity index (χ3n) is 4.79. The third-order valence-corrected chi connectivity index (χ3v) is 4.79. The number of nitrogens with one attached hydrogen (secondary N) is 1. The van der Waals surface area contributed by atoms with Gasteiger partial charge < -0.3 is 10.4 Å². The van der Waals surface area contributed by atoms with Gasteiger partial charge in [-0.05, 0) is 43.7 Å². The van der Waals surface area contributed by atoms with Crippen molar-refractivity contribution in [2.45, 2.75) is 45.6 Å². The van der Waals surface area contributed by atoms with Crippen molar-refractivity contribution < 1.29 is 14.3 Å². The molecule has 3 rings (SSSR count). The number of amides is 1. The van der Waals surface area contributed by atoms with Gasteiger partial charge in [0.25, 0.3) is 5.91 Å². The number of fused-ring (bicyclic) bond motifs is 1. The van der Waals surface area contributed by atoms with Gasteiger partial charge in [0.1, 0.15) is 11.5 Å². The van der Waals surface area contributed by atoms with Crippen LogP contribution in [0.5, 0.6) is 0 Å². The minimum Gasteiger partial charge on any atom is -0.396 e. The van der Waals surface area contributed by atoms with Crippen molar-refractivity contribution in [3.8, 4) is 5.69 Å². The molecule has 1 amide bonds. The van der Waals surface area contributed by atoms with Gasteiger partial charge in [-0.2, -0.15) is 5.10 Å². The lowest BCUT2D eigenvalue weighted by atomic mass is 10.0. The number of aliphatic hydroxyl groups excluding tert-OH is 1. The molecule has 1 aromatic carbocycles. The molecule has 0 radical (unpaired) electrons. The summed E-state index contributed by atoms with van der Waals surface area (Å²) in [6.07, 6.45) is 3.00. The fourth-order valence-electron chi connectivity index (χ4n) is 3.39. The molecule has 0 saturated carbocycles. The first kappa shape index (κ1) is 17.6. The van der Waals surface area contributed by atoms with Gasteiger partial charge >= 0.3 is 0 Å². The predicted molar refractivity (Wildman–Crippen MR) is 93.3 cm³/mol. The van der Waals surface area contributed by atoms with Crippen LogP contribution in [0, 0.1) is 11.7 Å². The Bertz CT molecular complexity index is 770. The Morgan fingerprint density at radius 1 is 1.36 bits per heavy atom. The number of para-hydroxylation sites is 1. The largest absolute Gasteiger partial charge is 0.396 e. The normalized spacial score (nSPS) is 14.6. The number of hydrogen-bond donors (Lipinski definition) is 2. The van der Waals surface area contributed by atoms with Crippen LogP contribution in [0.2, 0.25) is 0 Å². The lowest BCUT2D eigenvalue weighted by Gasteiger charge is -2.21. The maximum Gasteiger partial charge on any atom is 0.272 e. The fourth-order valence-corrected chi connectivity index (χ4v) is 3.39. The zero-order chi connectivity index (χ0) is 18.0. The van der Waals surface area contributed by atoms with Gasteiger partial charge in [-0.3, -0.25) is 4.79 Å². The summed E-state index contributed by atoms with van der Waals surface area (Å²) < 4.78 is 15.8. The molecule has 1 atom stereocenters. The number of hydrogen-bond acceptors (Lipinski definition) is 3. The number of aliphatic hydroxyl groups is 1. The molecule has 0 fully saturated rings. The van der Waals surface area contributed by atoms with Gasteiger partial charge in [-0.25, -0.2) is 9.07 Å². The van der Waals surface area contributed by atoms with Crippen molar-refractivity contribution in [3.63, 3.8) is 0 Å². The molecule has 2 N–H and O–H groups in total. The summed E-state index contributed by atoms with van der Waals surface area (Å²) in [6.45, 7) is 4.02. The third kappa shape index (κ3) is 3.44. The number of carbonyl (C=O) groups is 1. The second-order valence-electron chi connectivity index (χ2n) is 6.83. The van der Waals surface area contributed by atoms with Crippen molar-refractivity contribution >= 4 is 5.91 Å². The summed E-state index contributed by atoms with van der Waals surface area (Å²) in [5.41, 5.74) is 2.57. The SMILES string of the molecule is CC(C)C(CCO)NC(=O)c1nn(-c2ccccc2F)c2c1CCC2. The highest BCUT2D eigenvalue weighted by Crippen LogP contribution is 2.28. The molecule has 1 aliphatic rings. The van der Waals surface area contributed by atoms with E-state index in [0.29, 0.717) is 17.8 Å². The quantitative estimate of drug-likeness (QED) is 0.846. The van der Waals surface area contributed by atoms with Crippen LogP contribution in [-0.4, -0.2) is 33.4 Å². The average Bonchev–Trinajstić information content (AvgIpc) is 3.17. The van der Waals surface area contributed by atoms with E-state index < -0.39 is 0 Å². The maximum atomic E-state index is 14.2. The predicted octanol–water partition coefficient (Wildman–Crippen LogP) is 2.64. The molecule has 0 saturated heterocycles. The van der Waals surface area contributed by atoms with Crippen LogP contribution in [0.1, 0.15) is 48.4 Å².